The van der Waals surface area contributed by atoms with Crippen LogP contribution in [0.5, 0.6) is 0 Å². The van der Waals surface area contributed by atoms with Crippen LogP contribution in [0.25, 0.3) is 10.1 Å². The van der Waals surface area contributed by atoms with E-state index in [2.05, 4.69) is 20.9 Å². The Kier molecular flexibility index (Phi) is 4.60. The van der Waals surface area contributed by atoms with E-state index < -0.39 is 0 Å². The summed E-state index contributed by atoms with van der Waals surface area (Å²) in [5.74, 6) is 0.0173. The topological polar surface area (TPSA) is 105 Å². The highest BCUT2D eigenvalue weighted by molar-refractivity contribution is 7.17. The molecule has 2 amide bonds. The molecule has 0 radical (unpaired) electrons. The summed E-state index contributed by atoms with van der Waals surface area (Å²) in [6.07, 6.45) is 4.91. The molecule has 28 heavy (non-hydrogen) atoms. The Morgan fingerprint density at radius 1 is 1.29 bits per heavy atom. The van der Waals surface area contributed by atoms with Crippen molar-refractivity contribution in [2.45, 2.75) is 12.8 Å². The number of nitrogens with one attached hydrogen (secondary N) is 3. The molecule has 0 bridgehead atoms. The van der Waals surface area contributed by atoms with Gasteiger partial charge in [-0.25, -0.2) is 4.98 Å². The zero-order valence-corrected chi connectivity index (χ0v) is 16.2. The lowest BCUT2D eigenvalue weighted by atomic mass is 10.2. The predicted molar refractivity (Wildman–Crippen MR) is 109 cm³/mol. The van der Waals surface area contributed by atoms with E-state index in [4.69, 9.17) is 0 Å². The van der Waals surface area contributed by atoms with Crippen LogP contribution < -0.4 is 21.5 Å². The summed E-state index contributed by atoms with van der Waals surface area (Å²) in [6.45, 7) is 0. The highest BCUT2D eigenvalue weighted by Crippen LogP contribution is 2.33. The maximum atomic E-state index is 12.6. The molecule has 0 aromatic carbocycles. The van der Waals surface area contributed by atoms with Crippen LogP contribution in [0.4, 0.5) is 17.2 Å². The van der Waals surface area contributed by atoms with Gasteiger partial charge in [-0.05, 0) is 18.9 Å². The van der Waals surface area contributed by atoms with Gasteiger partial charge in [-0.15, -0.1) is 11.3 Å². The molecule has 3 aromatic rings. The highest BCUT2D eigenvalue weighted by Gasteiger charge is 2.30. The average molecular weight is 397 g/mol. The number of thiophene rings is 1. The third-order valence-electron chi connectivity index (χ3n) is 4.65. The molecule has 0 atom stereocenters. The number of rotatable bonds is 5. The first-order valence-corrected chi connectivity index (χ1v) is 9.72. The Bertz CT molecular complexity index is 1150. The lowest BCUT2D eigenvalue weighted by Crippen LogP contribution is -2.21. The number of carbonyl (C=O) groups excluding carboxylic acids is 2. The number of hydrogen-bond acceptors (Lipinski definition) is 6. The van der Waals surface area contributed by atoms with E-state index in [0.29, 0.717) is 28.1 Å². The van der Waals surface area contributed by atoms with Crippen LogP contribution in [-0.2, 0) is 11.8 Å². The van der Waals surface area contributed by atoms with E-state index in [-0.39, 0.29) is 23.3 Å². The second-order valence-corrected chi connectivity index (χ2v) is 7.61. The molecule has 1 aliphatic rings. The Balaban J connectivity index is 1.74. The number of pyridine rings is 2. The first kappa shape index (κ1) is 18.2. The predicted octanol–water partition coefficient (Wildman–Crippen LogP) is 2.45. The number of amides is 2. The molecule has 0 saturated heterocycles. The van der Waals surface area contributed by atoms with Gasteiger partial charge in [-0.2, -0.15) is 0 Å². The fourth-order valence-electron chi connectivity index (χ4n) is 2.89. The zero-order chi connectivity index (χ0) is 19.8. The van der Waals surface area contributed by atoms with E-state index in [0.717, 1.165) is 17.5 Å². The van der Waals surface area contributed by atoms with Gasteiger partial charge in [0, 0.05) is 48.6 Å². The molecule has 144 valence electrons. The van der Waals surface area contributed by atoms with Crippen molar-refractivity contribution in [1.29, 1.82) is 0 Å². The SMILES string of the molecule is CNC(=O)c1cnc(NC(=O)C2CC2)cc1Nc1csc2ccn(C)c(=O)c12. The summed E-state index contributed by atoms with van der Waals surface area (Å²) in [6, 6.07) is 3.49. The number of carbonyl (C=O) groups is 2. The van der Waals surface area contributed by atoms with Crippen LogP contribution in [0.1, 0.15) is 23.2 Å². The Labute approximate surface area is 164 Å². The molecule has 1 saturated carbocycles. The zero-order valence-electron chi connectivity index (χ0n) is 15.4. The fraction of sp³-hybridized carbons (Fsp3) is 0.263. The van der Waals surface area contributed by atoms with Gasteiger partial charge < -0.3 is 20.5 Å². The molecule has 0 spiro atoms. The van der Waals surface area contributed by atoms with E-state index in [1.165, 1.54) is 29.1 Å². The molecule has 3 heterocycles. The lowest BCUT2D eigenvalue weighted by molar-refractivity contribution is -0.117. The molecule has 0 aliphatic heterocycles. The minimum Gasteiger partial charge on any atom is -0.355 e. The minimum atomic E-state index is -0.317. The first-order valence-electron chi connectivity index (χ1n) is 8.84. The molecule has 0 unspecified atom stereocenters. The smallest absolute Gasteiger partial charge is 0.261 e. The van der Waals surface area contributed by atoms with E-state index in [1.54, 1.807) is 19.3 Å². The van der Waals surface area contributed by atoms with E-state index >= 15 is 0 Å². The van der Waals surface area contributed by atoms with Crippen LogP contribution >= 0.6 is 11.3 Å². The highest BCUT2D eigenvalue weighted by atomic mass is 32.1. The summed E-state index contributed by atoms with van der Waals surface area (Å²) in [5.41, 5.74) is 1.26. The Morgan fingerprint density at radius 3 is 2.79 bits per heavy atom. The number of nitrogens with zero attached hydrogens (tertiary/aromatic N) is 2. The minimum absolute atomic E-state index is 0.0423. The lowest BCUT2D eigenvalue weighted by Gasteiger charge is -2.13. The van der Waals surface area contributed by atoms with E-state index in [1.807, 2.05) is 11.4 Å². The summed E-state index contributed by atoms with van der Waals surface area (Å²) >= 11 is 1.44. The van der Waals surface area contributed by atoms with E-state index in [9.17, 15) is 14.4 Å². The second-order valence-electron chi connectivity index (χ2n) is 6.70. The summed E-state index contributed by atoms with van der Waals surface area (Å²) in [7, 11) is 3.22. The number of aromatic nitrogens is 2. The quantitative estimate of drug-likeness (QED) is 0.613. The third-order valence-corrected chi connectivity index (χ3v) is 5.60. The van der Waals surface area contributed by atoms with Gasteiger partial charge in [0.2, 0.25) is 5.91 Å². The van der Waals surface area contributed by atoms with Crippen molar-refractivity contribution >= 4 is 50.4 Å². The molecular formula is C19H19N5O3S. The van der Waals surface area contributed by atoms with Gasteiger partial charge in [-0.3, -0.25) is 14.4 Å². The average Bonchev–Trinajstić information content (AvgIpc) is 3.46. The summed E-state index contributed by atoms with van der Waals surface area (Å²) in [4.78, 5) is 41.0. The van der Waals surface area contributed by atoms with Crippen molar-refractivity contribution in [3.05, 3.63) is 45.8 Å². The van der Waals surface area contributed by atoms with Crippen molar-refractivity contribution < 1.29 is 9.59 Å². The van der Waals surface area contributed by atoms with Crippen molar-refractivity contribution in [3.63, 3.8) is 0 Å². The molecule has 1 aliphatic carbocycles. The second kappa shape index (κ2) is 7.08. The van der Waals surface area contributed by atoms with Gasteiger partial charge in [0.25, 0.3) is 11.5 Å². The monoisotopic (exact) mass is 397 g/mol. The Hall–Kier alpha value is -3.20. The van der Waals surface area contributed by atoms with Gasteiger partial charge in [0.1, 0.15) is 5.82 Å². The first-order chi connectivity index (χ1) is 13.5. The number of fused-ring (bicyclic) bond motifs is 1. The standard InChI is InChI=1S/C19H19N5O3S/c1-20-18(26)11-8-21-15(23-17(25)10-3-4-10)7-12(11)22-13-9-28-14-5-6-24(2)19(27)16(13)14/h5-10H,3-4H2,1-2H3,(H,20,26)(H2,21,22,23,25). The normalized spacial score (nSPS) is 13.4. The maximum Gasteiger partial charge on any atom is 0.261 e. The summed E-state index contributed by atoms with van der Waals surface area (Å²) < 4.78 is 2.36. The summed E-state index contributed by atoms with van der Waals surface area (Å²) in [5, 5.41) is 10.9. The molecule has 1 fully saturated rings. The fourth-order valence-corrected chi connectivity index (χ4v) is 3.77. The maximum absolute atomic E-state index is 12.6. The van der Waals surface area contributed by atoms with Crippen molar-refractivity contribution in [2.75, 3.05) is 17.7 Å². The van der Waals surface area contributed by atoms with Gasteiger partial charge in [-0.1, -0.05) is 0 Å². The third kappa shape index (κ3) is 3.36. The molecular weight excluding hydrogens is 378 g/mol. The molecule has 8 nitrogen and oxygen atoms in total. The molecule has 9 heteroatoms. The number of anilines is 3. The number of aryl methyl sites for hydroxylation is 1. The van der Waals surface area contributed by atoms with Crippen LogP contribution in [0.2, 0.25) is 0 Å². The van der Waals surface area contributed by atoms with Gasteiger partial charge in [0.15, 0.2) is 0 Å². The van der Waals surface area contributed by atoms with Crippen LogP contribution in [0, 0.1) is 5.92 Å². The van der Waals surface area contributed by atoms with Crippen molar-refractivity contribution in [3.8, 4) is 0 Å². The van der Waals surface area contributed by atoms with Crippen LogP contribution in [-0.4, -0.2) is 28.4 Å². The molecule has 4 rings (SSSR count). The van der Waals surface area contributed by atoms with Crippen molar-refractivity contribution in [1.82, 2.24) is 14.9 Å². The largest absolute Gasteiger partial charge is 0.355 e. The Morgan fingerprint density at radius 2 is 2.07 bits per heavy atom. The van der Waals surface area contributed by atoms with Crippen LogP contribution in [0.15, 0.2) is 34.7 Å². The van der Waals surface area contributed by atoms with Crippen molar-refractivity contribution in [2.24, 2.45) is 13.0 Å². The number of hydrogen-bond donors (Lipinski definition) is 3. The molecule has 3 N–H and O–H groups in total. The van der Waals surface area contributed by atoms with Crippen LogP contribution in [0.3, 0.4) is 0 Å². The molecule has 3 aromatic heterocycles. The van der Waals surface area contributed by atoms with Gasteiger partial charge >= 0.3 is 0 Å². The van der Waals surface area contributed by atoms with Gasteiger partial charge in [0.05, 0.1) is 22.3 Å².